The second-order valence-electron chi connectivity index (χ2n) is 10.8. The lowest BCUT2D eigenvalue weighted by molar-refractivity contribution is 0.345. The molecule has 0 unspecified atom stereocenters. The molecule has 42 heavy (non-hydrogen) atoms. The van der Waals surface area contributed by atoms with Crippen molar-refractivity contribution in [3.63, 3.8) is 0 Å². The average molecular weight is 579 g/mol. The number of halogens is 1. The second-order valence-corrected chi connectivity index (χ2v) is 11.9. The fourth-order valence-corrected chi connectivity index (χ4v) is 7.65. The Balaban J connectivity index is 1.32. The first-order valence-electron chi connectivity index (χ1n) is 13.8. The van der Waals surface area contributed by atoms with E-state index in [9.17, 15) is 19.1 Å². The molecular formula is C32H23FN4O4S. The highest BCUT2D eigenvalue weighted by atomic mass is 32.2. The van der Waals surface area contributed by atoms with Crippen LogP contribution in [0.1, 0.15) is 43.4 Å². The van der Waals surface area contributed by atoms with Crippen LogP contribution >= 0.6 is 11.8 Å². The summed E-state index contributed by atoms with van der Waals surface area (Å²) in [5.41, 5.74) is 2.38. The van der Waals surface area contributed by atoms with Crippen molar-refractivity contribution in [2.45, 2.75) is 47.3 Å². The lowest BCUT2D eigenvalue weighted by Crippen LogP contribution is -2.31. The van der Waals surface area contributed by atoms with Crippen molar-refractivity contribution in [3.8, 4) is 17.1 Å². The van der Waals surface area contributed by atoms with Gasteiger partial charge in [0, 0.05) is 22.1 Å². The van der Waals surface area contributed by atoms with Crippen molar-refractivity contribution in [2.75, 3.05) is 0 Å². The molecule has 0 bridgehead atoms. The number of benzene rings is 3. The van der Waals surface area contributed by atoms with Crippen LogP contribution in [0.3, 0.4) is 0 Å². The standard InChI is InChI=1S/C32H23FN4O4S/c33-18-12-13-21-19(16-18)32(14-6-1-7-15-32)26-17-24-27(30(39)36(21)26)28(38)29(31(40)41-24)42-25-11-5-4-10-23(25)37-22-9-3-2-8-20(22)34-35-37/h2-5,8-13,16-17,38H,1,6-7,14-15H2. The summed E-state index contributed by atoms with van der Waals surface area (Å²) in [6.45, 7) is 0. The number of fused-ring (bicyclic) bond motifs is 7. The van der Waals surface area contributed by atoms with Crippen LogP contribution in [0.5, 0.6) is 5.75 Å². The normalized spacial score (nSPS) is 15.4. The van der Waals surface area contributed by atoms with Gasteiger partial charge in [-0.3, -0.25) is 9.36 Å². The van der Waals surface area contributed by atoms with Crippen molar-refractivity contribution < 1.29 is 13.9 Å². The van der Waals surface area contributed by atoms with Gasteiger partial charge in [-0.05, 0) is 60.9 Å². The first-order valence-corrected chi connectivity index (χ1v) is 14.6. The van der Waals surface area contributed by atoms with E-state index in [0.717, 1.165) is 54.9 Å². The molecule has 1 aliphatic heterocycles. The highest BCUT2D eigenvalue weighted by molar-refractivity contribution is 7.99. The summed E-state index contributed by atoms with van der Waals surface area (Å²) in [4.78, 5) is 28.0. The molecule has 0 saturated heterocycles. The number of rotatable bonds is 3. The Bertz CT molecular complexity index is 2200. The molecule has 1 saturated carbocycles. The minimum Gasteiger partial charge on any atom is -0.505 e. The van der Waals surface area contributed by atoms with Crippen LogP contribution < -0.4 is 11.2 Å². The van der Waals surface area contributed by atoms with Gasteiger partial charge >= 0.3 is 5.63 Å². The van der Waals surface area contributed by atoms with Crippen molar-refractivity contribution in [3.05, 3.63) is 111 Å². The Morgan fingerprint density at radius 2 is 1.71 bits per heavy atom. The van der Waals surface area contributed by atoms with Gasteiger partial charge < -0.3 is 9.52 Å². The van der Waals surface area contributed by atoms with Crippen LogP contribution in [-0.4, -0.2) is 24.7 Å². The summed E-state index contributed by atoms with van der Waals surface area (Å²) in [6, 6.07) is 21.0. The Morgan fingerprint density at radius 3 is 2.57 bits per heavy atom. The molecule has 0 amide bonds. The molecule has 1 spiro atoms. The van der Waals surface area contributed by atoms with E-state index in [0.29, 0.717) is 27.5 Å². The molecule has 208 valence electrons. The van der Waals surface area contributed by atoms with Gasteiger partial charge in [-0.25, -0.2) is 13.9 Å². The zero-order valence-corrected chi connectivity index (χ0v) is 23.0. The Labute approximate surface area is 242 Å². The largest absolute Gasteiger partial charge is 0.505 e. The molecule has 8 rings (SSSR count). The van der Waals surface area contributed by atoms with Gasteiger partial charge in [-0.1, -0.05) is 60.5 Å². The molecule has 8 nitrogen and oxygen atoms in total. The van der Waals surface area contributed by atoms with Crippen molar-refractivity contribution >= 4 is 33.8 Å². The van der Waals surface area contributed by atoms with Crippen molar-refractivity contribution in [1.82, 2.24) is 19.6 Å². The number of hydrogen-bond acceptors (Lipinski definition) is 7. The predicted molar refractivity (Wildman–Crippen MR) is 157 cm³/mol. The highest BCUT2D eigenvalue weighted by Crippen LogP contribution is 2.52. The lowest BCUT2D eigenvalue weighted by atomic mass is 9.68. The zero-order chi connectivity index (χ0) is 28.6. The van der Waals surface area contributed by atoms with E-state index in [-0.39, 0.29) is 21.7 Å². The molecular weight excluding hydrogens is 555 g/mol. The minimum absolute atomic E-state index is 0.0203. The number of pyridine rings is 1. The molecule has 1 N–H and O–H groups in total. The van der Waals surface area contributed by atoms with Gasteiger partial charge in [0.05, 0.1) is 16.9 Å². The van der Waals surface area contributed by atoms with Gasteiger partial charge in [-0.2, -0.15) is 0 Å². The Hall–Kier alpha value is -4.70. The fourth-order valence-electron chi connectivity index (χ4n) is 6.70. The monoisotopic (exact) mass is 578 g/mol. The van der Waals surface area contributed by atoms with Crippen molar-refractivity contribution in [1.29, 1.82) is 0 Å². The van der Waals surface area contributed by atoms with E-state index in [4.69, 9.17) is 4.42 Å². The molecule has 1 aliphatic carbocycles. The molecule has 10 heteroatoms. The van der Waals surface area contributed by atoms with Crippen LogP contribution in [-0.2, 0) is 5.41 Å². The topological polar surface area (TPSA) is 103 Å². The van der Waals surface area contributed by atoms with Crippen LogP contribution in [0, 0.1) is 5.82 Å². The summed E-state index contributed by atoms with van der Waals surface area (Å²) < 4.78 is 23.5. The van der Waals surface area contributed by atoms with Crippen LogP contribution in [0.25, 0.3) is 33.4 Å². The summed E-state index contributed by atoms with van der Waals surface area (Å²) >= 11 is 0.998. The maximum Gasteiger partial charge on any atom is 0.354 e. The SMILES string of the molecule is O=c1oc2cc3n(c(=O)c2c(O)c1Sc1ccccc1-n1nnc2ccccc21)-c1ccc(F)cc1C31CCCCC1. The van der Waals surface area contributed by atoms with Crippen molar-refractivity contribution in [2.24, 2.45) is 0 Å². The number of aromatic nitrogens is 4. The van der Waals surface area contributed by atoms with Gasteiger partial charge in [0.25, 0.3) is 5.56 Å². The van der Waals surface area contributed by atoms with E-state index in [1.807, 2.05) is 42.5 Å². The summed E-state index contributed by atoms with van der Waals surface area (Å²) in [5.74, 6) is -0.811. The highest BCUT2D eigenvalue weighted by Gasteiger charge is 2.46. The molecule has 0 atom stereocenters. The van der Waals surface area contributed by atoms with Crippen LogP contribution in [0.2, 0.25) is 0 Å². The zero-order valence-electron chi connectivity index (χ0n) is 22.2. The maximum absolute atomic E-state index is 14.5. The first kappa shape index (κ1) is 25.0. The lowest BCUT2D eigenvalue weighted by Gasteiger charge is -2.34. The van der Waals surface area contributed by atoms with Gasteiger partial charge in [0.15, 0.2) is 5.75 Å². The molecule has 0 radical (unpaired) electrons. The third-order valence-electron chi connectivity index (χ3n) is 8.58. The van der Waals surface area contributed by atoms with Crippen LogP contribution in [0.15, 0.2) is 96.6 Å². The van der Waals surface area contributed by atoms with Crippen LogP contribution in [0.4, 0.5) is 4.39 Å². The Morgan fingerprint density at radius 1 is 0.929 bits per heavy atom. The number of para-hydroxylation sites is 2. The number of aromatic hydroxyl groups is 1. The van der Waals surface area contributed by atoms with E-state index in [1.165, 1.54) is 12.1 Å². The Kier molecular flexibility index (Phi) is 5.46. The number of hydrogen-bond donors (Lipinski definition) is 1. The molecule has 2 aliphatic rings. The molecule has 3 aromatic carbocycles. The van der Waals surface area contributed by atoms with E-state index in [2.05, 4.69) is 10.3 Å². The molecule has 3 aromatic heterocycles. The van der Waals surface area contributed by atoms with E-state index >= 15 is 0 Å². The van der Waals surface area contributed by atoms with Gasteiger partial charge in [0.1, 0.15) is 27.2 Å². The smallest absolute Gasteiger partial charge is 0.354 e. The quantitative estimate of drug-likeness (QED) is 0.265. The third kappa shape index (κ3) is 3.48. The minimum atomic E-state index is -0.758. The van der Waals surface area contributed by atoms with E-state index < -0.39 is 22.3 Å². The van der Waals surface area contributed by atoms with Gasteiger partial charge in [0.2, 0.25) is 0 Å². The average Bonchev–Trinajstić information content (AvgIpc) is 3.53. The van der Waals surface area contributed by atoms with E-state index in [1.54, 1.807) is 27.4 Å². The first-order chi connectivity index (χ1) is 20.5. The molecule has 6 aromatic rings. The fraction of sp³-hybridized carbons (Fsp3) is 0.188. The molecule has 1 fully saturated rings. The summed E-state index contributed by atoms with van der Waals surface area (Å²) in [6.07, 6.45) is 4.45. The second kappa shape index (κ2) is 9.15. The summed E-state index contributed by atoms with van der Waals surface area (Å²) in [7, 11) is 0. The maximum atomic E-state index is 14.5. The predicted octanol–water partition coefficient (Wildman–Crippen LogP) is 6.24. The van der Waals surface area contributed by atoms with Gasteiger partial charge in [-0.15, -0.1) is 5.10 Å². The third-order valence-corrected chi connectivity index (χ3v) is 9.71. The summed E-state index contributed by atoms with van der Waals surface area (Å²) in [5, 5.41) is 19.9. The number of nitrogens with zero attached hydrogens (tertiary/aromatic N) is 4. The molecule has 4 heterocycles.